The van der Waals surface area contributed by atoms with Crippen molar-refractivity contribution in [2.75, 3.05) is 0 Å². The minimum atomic E-state index is 0.691. The number of hydrogen-bond donors (Lipinski definition) is 0. The quantitative estimate of drug-likeness (QED) is 0.444. The van der Waals surface area contributed by atoms with Crippen LogP contribution in [0.25, 0.3) is 0 Å². The summed E-state index contributed by atoms with van der Waals surface area (Å²) in [4.78, 5) is 0. The summed E-state index contributed by atoms with van der Waals surface area (Å²) in [5.41, 5.74) is 0. The van der Waals surface area contributed by atoms with Crippen molar-refractivity contribution in [2.24, 2.45) is 11.8 Å². The molecule has 0 aromatic rings. The van der Waals surface area contributed by atoms with E-state index < -0.39 is 0 Å². The first-order valence-electron chi connectivity index (χ1n) is 6.59. The van der Waals surface area contributed by atoms with E-state index in [1.54, 1.807) is 0 Å². The molecule has 0 fully saturated rings. The van der Waals surface area contributed by atoms with E-state index in [1.165, 1.54) is 51.4 Å². The smallest absolute Gasteiger partial charge is 0.0386 e. The first kappa shape index (κ1) is 14.0. The molecular weight excluding hydrogens is 168 g/mol. The molecule has 0 aliphatic carbocycles. The fourth-order valence-corrected chi connectivity index (χ4v) is 2.15. The summed E-state index contributed by atoms with van der Waals surface area (Å²) in [7, 11) is 0. The van der Waals surface area contributed by atoms with Gasteiger partial charge in [-0.2, -0.15) is 0 Å². The molecule has 0 aliphatic rings. The summed E-state index contributed by atoms with van der Waals surface area (Å²) in [5, 5.41) is 0. The van der Waals surface area contributed by atoms with E-state index in [-0.39, 0.29) is 0 Å². The zero-order valence-electron chi connectivity index (χ0n) is 10.5. The molecule has 0 saturated heterocycles. The Bertz CT molecular complexity index is 107. The summed E-state index contributed by atoms with van der Waals surface area (Å²) < 4.78 is 0. The molecule has 0 rings (SSSR count). The summed E-state index contributed by atoms with van der Waals surface area (Å²) in [5.74, 6) is 1.58. The topological polar surface area (TPSA) is 0 Å². The molecule has 85 valence electrons. The average molecular weight is 197 g/mol. The van der Waals surface area contributed by atoms with Gasteiger partial charge in [-0.05, 0) is 18.8 Å². The maximum Gasteiger partial charge on any atom is -0.0386 e. The highest BCUT2D eigenvalue weighted by atomic mass is 14.2. The van der Waals surface area contributed by atoms with E-state index in [0.29, 0.717) is 5.92 Å². The first-order chi connectivity index (χ1) is 6.76. The molecule has 0 aromatic carbocycles. The van der Waals surface area contributed by atoms with Crippen molar-refractivity contribution >= 4 is 0 Å². The molecular formula is C14H29. The second kappa shape index (κ2) is 9.55. The van der Waals surface area contributed by atoms with E-state index in [4.69, 9.17) is 0 Å². The Hall–Kier alpha value is 0. The van der Waals surface area contributed by atoms with E-state index in [1.807, 2.05) is 0 Å². The van der Waals surface area contributed by atoms with Gasteiger partial charge in [0.25, 0.3) is 0 Å². The van der Waals surface area contributed by atoms with Crippen LogP contribution in [0.15, 0.2) is 0 Å². The second-order valence-electron chi connectivity index (χ2n) is 4.57. The zero-order valence-corrected chi connectivity index (χ0v) is 10.5. The summed E-state index contributed by atoms with van der Waals surface area (Å²) in [6.45, 7) is 11.1. The highest BCUT2D eigenvalue weighted by Crippen LogP contribution is 2.25. The molecule has 0 heterocycles. The van der Waals surface area contributed by atoms with Gasteiger partial charge in [0.1, 0.15) is 0 Å². The number of unbranched alkanes of at least 4 members (excludes halogenated alkanes) is 3. The fraction of sp³-hybridized carbons (Fsp3) is 0.929. The van der Waals surface area contributed by atoms with Crippen LogP contribution in [0.5, 0.6) is 0 Å². The van der Waals surface area contributed by atoms with Gasteiger partial charge in [0.05, 0.1) is 0 Å². The van der Waals surface area contributed by atoms with Gasteiger partial charge in [-0.25, -0.2) is 0 Å². The molecule has 2 unspecified atom stereocenters. The Balaban J connectivity index is 3.61. The van der Waals surface area contributed by atoms with Gasteiger partial charge < -0.3 is 0 Å². The van der Waals surface area contributed by atoms with Crippen molar-refractivity contribution in [1.82, 2.24) is 0 Å². The molecule has 0 bridgehead atoms. The van der Waals surface area contributed by atoms with Crippen LogP contribution in [0.2, 0.25) is 0 Å². The van der Waals surface area contributed by atoms with Crippen LogP contribution in [0.3, 0.4) is 0 Å². The molecule has 0 aliphatic heterocycles. The van der Waals surface area contributed by atoms with E-state index >= 15 is 0 Å². The normalized spacial score (nSPS) is 15.4. The molecule has 0 aromatic heterocycles. The predicted octanol–water partition coefficient (Wildman–Crippen LogP) is 5.23. The molecule has 0 heteroatoms. The lowest BCUT2D eigenvalue weighted by molar-refractivity contribution is 0.321. The largest absolute Gasteiger partial charge is 0.0654 e. The first-order valence-corrected chi connectivity index (χ1v) is 6.59. The lowest BCUT2D eigenvalue weighted by atomic mass is 9.84. The predicted molar refractivity (Wildman–Crippen MR) is 66.3 cm³/mol. The lowest BCUT2D eigenvalue weighted by Crippen LogP contribution is -2.11. The van der Waals surface area contributed by atoms with Crippen LogP contribution >= 0.6 is 0 Å². The zero-order chi connectivity index (χ0) is 10.8. The van der Waals surface area contributed by atoms with Gasteiger partial charge in [0, 0.05) is 0 Å². The Morgan fingerprint density at radius 1 is 0.857 bits per heavy atom. The third-order valence-electron chi connectivity index (χ3n) is 3.28. The minimum Gasteiger partial charge on any atom is -0.0654 e. The van der Waals surface area contributed by atoms with Crippen LogP contribution in [-0.2, 0) is 0 Å². The van der Waals surface area contributed by atoms with Gasteiger partial charge >= 0.3 is 0 Å². The Morgan fingerprint density at radius 3 is 2.07 bits per heavy atom. The number of rotatable bonds is 9. The third-order valence-corrected chi connectivity index (χ3v) is 3.28. The molecule has 2 atom stereocenters. The molecule has 0 amide bonds. The van der Waals surface area contributed by atoms with Crippen LogP contribution in [0.4, 0.5) is 0 Å². The van der Waals surface area contributed by atoms with Gasteiger partial charge in [0.15, 0.2) is 0 Å². The maximum absolute atomic E-state index is 4.27. The van der Waals surface area contributed by atoms with Crippen LogP contribution in [-0.4, -0.2) is 0 Å². The third kappa shape index (κ3) is 6.45. The monoisotopic (exact) mass is 197 g/mol. The summed E-state index contributed by atoms with van der Waals surface area (Å²) >= 11 is 0. The van der Waals surface area contributed by atoms with Crippen molar-refractivity contribution in [1.29, 1.82) is 0 Å². The van der Waals surface area contributed by atoms with E-state index in [0.717, 1.165) is 5.92 Å². The Labute approximate surface area is 91.5 Å². The summed E-state index contributed by atoms with van der Waals surface area (Å²) in [6.07, 6.45) is 11.0. The molecule has 0 N–H and O–H groups in total. The molecule has 0 saturated carbocycles. The van der Waals surface area contributed by atoms with Gasteiger partial charge in [0.2, 0.25) is 0 Å². The molecule has 1 radical (unpaired) electrons. The number of hydrogen-bond acceptors (Lipinski definition) is 0. The highest BCUT2D eigenvalue weighted by Gasteiger charge is 2.13. The van der Waals surface area contributed by atoms with Gasteiger partial charge in [-0.15, -0.1) is 0 Å². The SMILES string of the molecule is [CH2]C(CC)C(CCC)CCCCCC. The summed E-state index contributed by atoms with van der Waals surface area (Å²) in [6, 6.07) is 0. The fourth-order valence-electron chi connectivity index (χ4n) is 2.15. The lowest BCUT2D eigenvalue weighted by Gasteiger charge is -2.22. The highest BCUT2D eigenvalue weighted by molar-refractivity contribution is 4.70. The van der Waals surface area contributed by atoms with Crippen LogP contribution in [0, 0.1) is 18.8 Å². The van der Waals surface area contributed by atoms with Crippen molar-refractivity contribution in [2.45, 2.75) is 72.1 Å². The van der Waals surface area contributed by atoms with Crippen molar-refractivity contribution < 1.29 is 0 Å². The van der Waals surface area contributed by atoms with Crippen molar-refractivity contribution in [3.63, 3.8) is 0 Å². The van der Waals surface area contributed by atoms with Crippen molar-refractivity contribution in [3.8, 4) is 0 Å². The van der Waals surface area contributed by atoms with E-state index in [2.05, 4.69) is 27.7 Å². The van der Waals surface area contributed by atoms with E-state index in [9.17, 15) is 0 Å². The Kier molecular flexibility index (Phi) is 9.55. The maximum atomic E-state index is 4.27. The van der Waals surface area contributed by atoms with Crippen LogP contribution < -0.4 is 0 Å². The van der Waals surface area contributed by atoms with Crippen LogP contribution in [0.1, 0.15) is 72.1 Å². The molecule has 0 nitrogen and oxygen atoms in total. The average Bonchev–Trinajstić information content (AvgIpc) is 2.21. The second-order valence-corrected chi connectivity index (χ2v) is 4.57. The minimum absolute atomic E-state index is 0.691. The molecule has 0 spiro atoms. The van der Waals surface area contributed by atoms with Crippen molar-refractivity contribution in [3.05, 3.63) is 6.92 Å². The Morgan fingerprint density at radius 2 is 1.57 bits per heavy atom. The molecule has 14 heavy (non-hydrogen) atoms. The van der Waals surface area contributed by atoms with Gasteiger partial charge in [-0.3, -0.25) is 0 Å². The van der Waals surface area contributed by atoms with Gasteiger partial charge in [-0.1, -0.05) is 72.1 Å². The standard InChI is InChI=1S/C14H29/c1-5-8-9-10-12-14(11-6-2)13(4)7-3/h13-14H,4-12H2,1-3H3.